The first kappa shape index (κ1) is 12.4. The zero-order valence-corrected chi connectivity index (χ0v) is 11.0. The van der Waals surface area contributed by atoms with Gasteiger partial charge in [0.1, 0.15) is 5.75 Å². The molecule has 1 aliphatic rings. The lowest BCUT2D eigenvalue weighted by Gasteiger charge is -2.25. The summed E-state index contributed by atoms with van der Waals surface area (Å²) in [7, 11) is 1.77. The van der Waals surface area contributed by atoms with Crippen LogP contribution in [0.1, 0.15) is 48.8 Å². The predicted molar refractivity (Wildman–Crippen MR) is 71.7 cm³/mol. The minimum absolute atomic E-state index is 0.503. The number of nitrogens with two attached hydrogens (primary N) is 1. The van der Waals surface area contributed by atoms with Gasteiger partial charge in [-0.2, -0.15) is 0 Å². The van der Waals surface area contributed by atoms with Crippen LogP contribution in [-0.2, 0) is 12.8 Å². The minimum Gasteiger partial charge on any atom is -0.496 e. The molecule has 0 bridgehead atoms. The van der Waals surface area contributed by atoms with E-state index >= 15 is 0 Å². The van der Waals surface area contributed by atoms with Crippen molar-refractivity contribution < 1.29 is 4.74 Å². The lowest BCUT2D eigenvalue weighted by Crippen LogP contribution is -2.12. The van der Waals surface area contributed by atoms with Gasteiger partial charge in [-0.3, -0.25) is 0 Å². The molecule has 0 saturated carbocycles. The molecule has 94 valence electrons. The molecule has 2 rings (SSSR count). The average Bonchev–Trinajstić information content (AvgIpc) is 2.37. The lowest BCUT2D eigenvalue weighted by atomic mass is 9.82. The largest absolute Gasteiger partial charge is 0.496 e. The van der Waals surface area contributed by atoms with Gasteiger partial charge in [0.15, 0.2) is 0 Å². The molecule has 17 heavy (non-hydrogen) atoms. The highest BCUT2D eigenvalue weighted by atomic mass is 16.5. The maximum absolute atomic E-state index is 5.69. The van der Waals surface area contributed by atoms with Crippen LogP contribution in [0.5, 0.6) is 5.75 Å². The second-order valence-electron chi connectivity index (χ2n) is 5.00. The first-order valence-electron chi connectivity index (χ1n) is 6.66. The number of methoxy groups -OCH3 is 1. The first-order valence-corrected chi connectivity index (χ1v) is 6.66. The fourth-order valence-electron chi connectivity index (χ4n) is 2.95. The van der Waals surface area contributed by atoms with E-state index in [4.69, 9.17) is 10.5 Å². The molecule has 0 aromatic heterocycles. The summed E-state index contributed by atoms with van der Waals surface area (Å²) in [5.41, 5.74) is 10.2. The van der Waals surface area contributed by atoms with Crippen molar-refractivity contribution in [2.24, 2.45) is 5.73 Å². The summed E-state index contributed by atoms with van der Waals surface area (Å²) in [4.78, 5) is 0. The van der Waals surface area contributed by atoms with Gasteiger partial charge in [-0.05, 0) is 61.8 Å². The van der Waals surface area contributed by atoms with E-state index < -0.39 is 0 Å². The zero-order chi connectivity index (χ0) is 12.3. The molecule has 1 aromatic rings. The van der Waals surface area contributed by atoms with Crippen LogP contribution in [-0.4, -0.2) is 13.7 Å². The van der Waals surface area contributed by atoms with Crippen molar-refractivity contribution in [3.8, 4) is 5.75 Å². The number of hydrogen-bond donors (Lipinski definition) is 1. The maximum atomic E-state index is 5.69. The van der Waals surface area contributed by atoms with Gasteiger partial charge in [-0.25, -0.2) is 0 Å². The van der Waals surface area contributed by atoms with E-state index in [0.29, 0.717) is 5.92 Å². The molecule has 1 unspecified atom stereocenters. The Morgan fingerprint density at radius 1 is 1.29 bits per heavy atom. The Hall–Kier alpha value is -1.02. The third-order valence-corrected chi connectivity index (χ3v) is 3.85. The summed E-state index contributed by atoms with van der Waals surface area (Å²) in [5, 5.41) is 0. The molecule has 0 amide bonds. The topological polar surface area (TPSA) is 35.2 Å². The van der Waals surface area contributed by atoms with Gasteiger partial charge in [-0.15, -0.1) is 0 Å². The Labute approximate surface area is 104 Å². The van der Waals surface area contributed by atoms with Gasteiger partial charge in [-0.1, -0.05) is 13.0 Å². The highest BCUT2D eigenvalue weighted by Crippen LogP contribution is 2.37. The predicted octanol–water partition coefficient (Wildman–Crippen LogP) is 3.03. The van der Waals surface area contributed by atoms with Gasteiger partial charge in [0, 0.05) is 5.56 Å². The smallest absolute Gasteiger partial charge is 0.122 e. The van der Waals surface area contributed by atoms with Crippen LogP contribution in [0.15, 0.2) is 12.1 Å². The summed E-state index contributed by atoms with van der Waals surface area (Å²) in [6, 6.07) is 4.37. The Morgan fingerprint density at radius 3 is 2.76 bits per heavy atom. The number of hydrogen-bond acceptors (Lipinski definition) is 2. The molecule has 1 aliphatic carbocycles. The van der Waals surface area contributed by atoms with Gasteiger partial charge in [0.2, 0.25) is 0 Å². The molecule has 0 radical (unpaired) electrons. The number of aryl methyl sites for hydroxylation is 1. The van der Waals surface area contributed by atoms with Crippen molar-refractivity contribution in [3.63, 3.8) is 0 Å². The number of rotatable bonds is 4. The van der Waals surface area contributed by atoms with Crippen molar-refractivity contribution in [1.82, 2.24) is 0 Å². The molecular formula is C15H23NO. The van der Waals surface area contributed by atoms with Gasteiger partial charge < -0.3 is 10.5 Å². The van der Waals surface area contributed by atoms with Crippen LogP contribution >= 0.6 is 0 Å². The van der Waals surface area contributed by atoms with Crippen molar-refractivity contribution in [2.45, 2.75) is 44.9 Å². The van der Waals surface area contributed by atoms with Crippen molar-refractivity contribution in [3.05, 3.63) is 28.8 Å². The monoisotopic (exact) mass is 233 g/mol. The summed E-state index contributed by atoms with van der Waals surface area (Å²) in [5.74, 6) is 1.55. The van der Waals surface area contributed by atoms with E-state index in [9.17, 15) is 0 Å². The molecule has 2 heteroatoms. The summed E-state index contributed by atoms with van der Waals surface area (Å²) in [6.45, 7) is 3.01. The summed E-state index contributed by atoms with van der Waals surface area (Å²) >= 11 is 0. The van der Waals surface area contributed by atoms with Gasteiger partial charge >= 0.3 is 0 Å². The number of fused-ring (bicyclic) bond motifs is 1. The Kier molecular flexibility index (Phi) is 4.06. The van der Waals surface area contributed by atoms with Crippen molar-refractivity contribution >= 4 is 0 Å². The molecule has 0 heterocycles. The average molecular weight is 233 g/mol. The summed E-state index contributed by atoms with van der Waals surface area (Å²) < 4.78 is 5.54. The normalized spacial score (nSPS) is 16.4. The molecule has 0 saturated heterocycles. The van der Waals surface area contributed by atoms with Crippen LogP contribution in [0.3, 0.4) is 0 Å². The number of benzene rings is 1. The van der Waals surface area contributed by atoms with E-state index in [2.05, 4.69) is 19.1 Å². The molecule has 2 nitrogen and oxygen atoms in total. The number of ether oxygens (including phenoxy) is 1. The standard InChI is InChI=1S/C15H23NO/c1-11(9-10-16)15-13-6-4-3-5-12(13)7-8-14(15)17-2/h7-8,11H,3-6,9-10,16H2,1-2H3. The van der Waals surface area contributed by atoms with E-state index in [1.807, 2.05) is 0 Å². The van der Waals surface area contributed by atoms with E-state index in [0.717, 1.165) is 18.7 Å². The van der Waals surface area contributed by atoms with Crippen molar-refractivity contribution in [2.75, 3.05) is 13.7 Å². The molecule has 0 fully saturated rings. The van der Waals surface area contributed by atoms with Gasteiger partial charge in [0.05, 0.1) is 7.11 Å². The van der Waals surface area contributed by atoms with Crippen LogP contribution in [0.4, 0.5) is 0 Å². The SMILES string of the molecule is COc1ccc2c(c1C(C)CCN)CCCC2. The zero-order valence-electron chi connectivity index (χ0n) is 11.0. The minimum atomic E-state index is 0.503. The maximum Gasteiger partial charge on any atom is 0.122 e. The summed E-state index contributed by atoms with van der Waals surface area (Å²) in [6.07, 6.45) is 6.10. The van der Waals surface area contributed by atoms with E-state index in [1.165, 1.54) is 42.4 Å². The highest BCUT2D eigenvalue weighted by molar-refractivity contribution is 5.48. The van der Waals surface area contributed by atoms with E-state index in [1.54, 1.807) is 7.11 Å². The quantitative estimate of drug-likeness (QED) is 0.867. The van der Waals surface area contributed by atoms with E-state index in [-0.39, 0.29) is 0 Å². The van der Waals surface area contributed by atoms with Gasteiger partial charge in [0.25, 0.3) is 0 Å². The first-order chi connectivity index (χ1) is 8.27. The second-order valence-corrected chi connectivity index (χ2v) is 5.00. The molecular weight excluding hydrogens is 210 g/mol. The fourth-order valence-corrected chi connectivity index (χ4v) is 2.95. The molecule has 0 aliphatic heterocycles. The highest BCUT2D eigenvalue weighted by Gasteiger charge is 2.20. The molecule has 2 N–H and O–H groups in total. The van der Waals surface area contributed by atoms with Crippen LogP contribution in [0.25, 0.3) is 0 Å². The Bertz CT molecular complexity index is 387. The Balaban J connectivity index is 2.44. The third-order valence-electron chi connectivity index (χ3n) is 3.85. The molecule has 1 atom stereocenters. The molecule has 1 aromatic carbocycles. The van der Waals surface area contributed by atoms with Crippen LogP contribution in [0.2, 0.25) is 0 Å². The molecule has 0 spiro atoms. The van der Waals surface area contributed by atoms with Crippen LogP contribution in [0, 0.1) is 0 Å². The fraction of sp³-hybridized carbons (Fsp3) is 0.600. The van der Waals surface area contributed by atoms with Crippen LogP contribution < -0.4 is 10.5 Å². The van der Waals surface area contributed by atoms with Crippen molar-refractivity contribution in [1.29, 1.82) is 0 Å². The lowest BCUT2D eigenvalue weighted by molar-refractivity contribution is 0.403. The Morgan fingerprint density at radius 2 is 2.06 bits per heavy atom. The second kappa shape index (κ2) is 5.54. The third kappa shape index (κ3) is 2.47.